The minimum absolute atomic E-state index is 0.0470. The number of benzene rings is 1. The fraction of sp³-hybridized carbons (Fsp3) is 0.387. The molecule has 232 valence electrons. The van der Waals surface area contributed by atoms with E-state index >= 15 is 0 Å². The van der Waals surface area contributed by atoms with Gasteiger partial charge in [0, 0.05) is 48.0 Å². The molecule has 0 radical (unpaired) electrons. The third kappa shape index (κ3) is 4.93. The van der Waals surface area contributed by atoms with Crippen LogP contribution < -0.4 is 10.6 Å². The van der Waals surface area contributed by atoms with E-state index in [0.717, 1.165) is 28.6 Å². The number of halogens is 2. The average Bonchev–Trinajstić information content (AvgIpc) is 3.67. The molecule has 7 rings (SSSR count). The maximum atomic E-state index is 14.1. The van der Waals surface area contributed by atoms with Crippen LogP contribution in [0, 0.1) is 5.92 Å². The van der Waals surface area contributed by atoms with Crippen LogP contribution in [0.4, 0.5) is 14.5 Å². The Morgan fingerprint density at radius 1 is 1.02 bits per heavy atom. The van der Waals surface area contributed by atoms with Gasteiger partial charge in [-0.3, -0.25) is 43.7 Å². The summed E-state index contributed by atoms with van der Waals surface area (Å²) in [6, 6.07) is 5.68. The lowest BCUT2D eigenvalue weighted by molar-refractivity contribution is -0.136. The van der Waals surface area contributed by atoms with Crippen molar-refractivity contribution in [1.82, 2.24) is 34.8 Å². The second-order valence-corrected chi connectivity index (χ2v) is 12.1. The van der Waals surface area contributed by atoms with E-state index in [1.165, 1.54) is 0 Å². The van der Waals surface area contributed by atoms with Crippen molar-refractivity contribution in [3.63, 3.8) is 0 Å². The van der Waals surface area contributed by atoms with Crippen LogP contribution in [0.5, 0.6) is 0 Å². The Balaban J connectivity index is 1.01. The Morgan fingerprint density at radius 2 is 1.80 bits per heavy atom. The molecular formula is C31H30F2N8O4. The van der Waals surface area contributed by atoms with Crippen LogP contribution in [0.1, 0.15) is 84.4 Å². The van der Waals surface area contributed by atoms with Crippen LogP contribution in [0.3, 0.4) is 0 Å². The number of alkyl halides is 2. The van der Waals surface area contributed by atoms with Crippen molar-refractivity contribution in [2.24, 2.45) is 5.92 Å². The number of nitrogens with zero attached hydrogens (tertiary/aromatic N) is 6. The predicted octanol–water partition coefficient (Wildman–Crippen LogP) is 4.28. The Hall–Kier alpha value is -5.01. The summed E-state index contributed by atoms with van der Waals surface area (Å²) < 4.78 is 31.6. The molecule has 45 heavy (non-hydrogen) atoms. The molecule has 4 amide bonds. The largest absolute Gasteiger partial charge is 0.385 e. The summed E-state index contributed by atoms with van der Waals surface area (Å²) in [5.74, 6) is -1.97. The summed E-state index contributed by atoms with van der Waals surface area (Å²) in [7, 11) is 0. The number of rotatable bonds is 8. The maximum absolute atomic E-state index is 14.1. The average molecular weight is 617 g/mol. The first-order chi connectivity index (χ1) is 21.6. The minimum Gasteiger partial charge on any atom is -0.385 e. The first kappa shape index (κ1) is 28.7. The molecule has 12 nitrogen and oxygen atoms in total. The third-order valence-corrected chi connectivity index (χ3v) is 8.83. The van der Waals surface area contributed by atoms with Gasteiger partial charge in [0.1, 0.15) is 11.7 Å². The van der Waals surface area contributed by atoms with Gasteiger partial charge in [-0.2, -0.15) is 10.2 Å². The van der Waals surface area contributed by atoms with E-state index in [1.807, 2.05) is 18.5 Å². The summed E-state index contributed by atoms with van der Waals surface area (Å²) in [5, 5.41) is 15.0. The number of carbonyl (C=O) groups excluding carboxylic acids is 4. The Kier molecular flexibility index (Phi) is 6.94. The zero-order valence-corrected chi connectivity index (χ0v) is 24.5. The Bertz CT molecular complexity index is 1880. The van der Waals surface area contributed by atoms with Crippen LogP contribution in [0.2, 0.25) is 0 Å². The molecule has 1 saturated carbocycles. The number of nitrogens with one attached hydrogen (secondary N) is 2. The van der Waals surface area contributed by atoms with E-state index in [0.29, 0.717) is 23.5 Å². The normalized spacial score (nSPS) is 21.6. The lowest BCUT2D eigenvalue weighted by Crippen LogP contribution is -2.54. The highest BCUT2D eigenvalue weighted by molar-refractivity contribution is 6.23. The van der Waals surface area contributed by atoms with Crippen LogP contribution >= 0.6 is 0 Å². The van der Waals surface area contributed by atoms with Gasteiger partial charge in [-0.25, -0.2) is 8.78 Å². The molecule has 2 N–H and O–H groups in total. The molecule has 0 spiro atoms. The lowest BCUT2D eigenvalue weighted by atomic mass is 9.80. The van der Waals surface area contributed by atoms with Crippen molar-refractivity contribution in [1.29, 1.82) is 0 Å². The van der Waals surface area contributed by atoms with Gasteiger partial charge >= 0.3 is 0 Å². The summed E-state index contributed by atoms with van der Waals surface area (Å²) in [5.41, 5.74) is 2.30. The van der Waals surface area contributed by atoms with E-state index in [9.17, 15) is 28.0 Å². The van der Waals surface area contributed by atoms with Crippen molar-refractivity contribution in [2.75, 3.05) is 11.9 Å². The monoisotopic (exact) mass is 616 g/mol. The lowest BCUT2D eigenvalue weighted by Gasteiger charge is -2.35. The van der Waals surface area contributed by atoms with E-state index in [-0.39, 0.29) is 47.7 Å². The Morgan fingerprint density at radius 3 is 2.53 bits per heavy atom. The summed E-state index contributed by atoms with van der Waals surface area (Å²) in [4.78, 5) is 55.2. The number of pyridine rings is 1. The molecule has 0 bridgehead atoms. The zero-order chi connectivity index (χ0) is 31.6. The molecule has 4 aromatic rings. The molecule has 1 aliphatic carbocycles. The topological polar surface area (TPSA) is 144 Å². The molecule has 3 aliphatic rings. The van der Waals surface area contributed by atoms with Gasteiger partial charge < -0.3 is 5.32 Å². The fourth-order valence-electron chi connectivity index (χ4n) is 6.38. The number of piperidine rings is 1. The number of hydrogen-bond donors (Lipinski definition) is 2. The predicted molar refractivity (Wildman–Crippen MR) is 157 cm³/mol. The van der Waals surface area contributed by atoms with Gasteiger partial charge in [0.05, 0.1) is 34.6 Å². The highest BCUT2D eigenvalue weighted by Crippen LogP contribution is 2.40. The number of carbonyl (C=O) groups is 4. The van der Waals surface area contributed by atoms with Gasteiger partial charge in [-0.05, 0) is 63.3 Å². The summed E-state index contributed by atoms with van der Waals surface area (Å²) >= 11 is 0. The van der Waals surface area contributed by atoms with Crippen molar-refractivity contribution in [3.8, 4) is 11.3 Å². The van der Waals surface area contributed by atoms with Gasteiger partial charge in [0.25, 0.3) is 18.2 Å². The molecule has 14 heteroatoms. The molecular weight excluding hydrogens is 586 g/mol. The third-order valence-electron chi connectivity index (χ3n) is 8.83. The quantitative estimate of drug-likeness (QED) is 0.279. The molecule has 1 saturated heterocycles. The smallest absolute Gasteiger partial charge is 0.282 e. The molecule has 1 atom stereocenters. The number of anilines is 1. The highest BCUT2D eigenvalue weighted by Gasteiger charge is 2.44. The Labute approximate surface area is 255 Å². The molecule has 5 heterocycles. The number of fused-ring (bicyclic) bond motifs is 2. The van der Waals surface area contributed by atoms with Crippen molar-refractivity contribution in [3.05, 3.63) is 59.7 Å². The highest BCUT2D eigenvalue weighted by atomic mass is 19.3. The molecule has 3 aromatic heterocycles. The second-order valence-electron chi connectivity index (χ2n) is 12.1. The zero-order valence-electron chi connectivity index (χ0n) is 24.5. The van der Waals surface area contributed by atoms with Crippen molar-refractivity contribution < 1.29 is 28.0 Å². The van der Waals surface area contributed by atoms with Crippen molar-refractivity contribution >= 4 is 40.2 Å². The SMILES string of the molecule is CC(C)n1ncc2cnc(-c3cn([C@H]4C[C@H](CNc5ccc6c(c5)C(=O)N(C5CCC(=O)NC5=O)C6=O)C4)nc3C(F)F)cc21. The number of aromatic nitrogens is 5. The van der Waals surface area contributed by atoms with Crippen LogP contribution in [0.25, 0.3) is 22.2 Å². The summed E-state index contributed by atoms with van der Waals surface area (Å²) in [6.45, 7) is 4.57. The van der Waals surface area contributed by atoms with Gasteiger partial charge in [-0.1, -0.05) is 0 Å². The molecule has 1 aromatic carbocycles. The van der Waals surface area contributed by atoms with Crippen LogP contribution in [-0.2, 0) is 9.59 Å². The molecule has 2 fully saturated rings. The first-order valence-corrected chi connectivity index (χ1v) is 14.9. The van der Waals surface area contributed by atoms with Crippen LogP contribution in [0.15, 0.2) is 42.9 Å². The second kappa shape index (κ2) is 10.9. The number of hydrogen-bond acceptors (Lipinski definition) is 8. The van der Waals surface area contributed by atoms with E-state index < -0.39 is 36.1 Å². The van der Waals surface area contributed by atoms with Gasteiger partial charge in [0.2, 0.25) is 11.8 Å². The van der Waals surface area contributed by atoms with E-state index in [1.54, 1.807) is 47.5 Å². The first-order valence-electron chi connectivity index (χ1n) is 14.9. The fourth-order valence-corrected chi connectivity index (χ4v) is 6.38. The molecule has 1 unspecified atom stereocenters. The molecule has 2 aliphatic heterocycles. The van der Waals surface area contributed by atoms with Crippen LogP contribution in [-0.4, -0.2) is 65.7 Å². The van der Waals surface area contributed by atoms with Crippen molar-refractivity contribution in [2.45, 2.75) is 64.1 Å². The van der Waals surface area contributed by atoms with E-state index in [4.69, 9.17) is 0 Å². The standard InChI is InChI=1S/C31H30F2N8O4/c1-15(2)41-25-10-23(35-12-17(25)13-36-41)22-14-39(38-27(22)28(32)33)19-7-16(8-19)11-34-18-3-4-20-21(9-18)31(45)40(30(20)44)24-5-6-26(42)37-29(24)43/h3-4,9-10,12-16,19,24,28,34H,5-8,11H2,1-2H3,(H,37,42,43)/t16-,19-,24?. The summed E-state index contributed by atoms with van der Waals surface area (Å²) in [6.07, 6.45) is 3.83. The van der Waals surface area contributed by atoms with E-state index in [2.05, 4.69) is 25.8 Å². The maximum Gasteiger partial charge on any atom is 0.282 e. The number of imide groups is 2. The van der Waals surface area contributed by atoms with Gasteiger partial charge in [-0.15, -0.1) is 0 Å². The minimum atomic E-state index is -2.76. The number of amides is 4. The van der Waals surface area contributed by atoms with Gasteiger partial charge in [0.15, 0.2) is 0 Å².